The molecule has 0 saturated carbocycles. The van der Waals surface area contributed by atoms with E-state index in [1.165, 1.54) is 0 Å². The molecule has 128 valence electrons. The molecular weight excluding hydrogens is 314 g/mol. The van der Waals surface area contributed by atoms with Crippen molar-refractivity contribution in [3.8, 4) is 5.75 Å². The summed E-state index contributed by atoms with van der Waals surface area (Å²) >= 11 is 0. The molecule has 2 aromatic heterocycles. The summed E-state index contributed by atoms with van der Waals surface area (Å²) in [6, 6.07) is 15.4. The summed E-state index contributed by atoms with van der Waals surface area (Å²) in [6.45, 7) is 4.57. The molecule has 25 heavy (non-hydrogen) atoms. The zero-order valence-electron chi connectivity index (χ0n) is 14.3. The van der Waals surface area contributed by atoms with Gasteiger partial charge in [-0.3, -0.25) is 4.98 Å². The number of benzene rings is 1. The minimum atomic E-state index is 0.101. The lowest BCUT2D eigenvalue weighted by Gasteiger charge is -2.15. The van der Waals surface area contributed by atoms with Crippen LogP contribution in [0.2, 0.25) is 0 Å². The Morgan fingerprint density at radius 2 is 1.80 bits per heavy atom. The van der Waals surface area contributed by atoms with Crippen molar-refractivity contribution < 1.29 is 4.74 Å². The third-order valence-corrected chi connectivity index (χ3v) is 3.32. The van der Waals surface area contributed by atoms with Gasteiger partial charge in [0.05, 0.1) is 24.0 Å². The predicted molar refractivity (Wildman–Crippen MR) is 99.1 cm³/mol. The highest BCUT2D eigenvalue weighted by atomic mass is 16.5. The Morgan fingerprint density at radius 1 is 0.960 bits per heavy atom. The number of nitrogens with one attached hydrogen (secondary N) is 2. The number of aromatic nitrogens is 3. The van der Waals surface area contributed by atoms with E-state index in [9.17, 15) is 0 Å². The monoisotopic (exact) mass is 335 g/mol. The van der Waals surface area contributed by atoms with Crippen LogP contribution in [0.4, 0.5) is 17.5 Å². The van der Waals surface area contributed by atoms with Gasteiger partial charge in [-0.05, 0) is 44.2 Å². The molecule has 0 radical (unpaired) electrons. The van der Waals surface area contributed by atoms with Crippen LogP contribution in [-0.4, -0.2) is 21.1 Å². The maximum absolute atomic E-state index is 5.82. The van der Waals surface area contributed by atoms with E-state index < -0.39 is 0 Å². The molecule has 6 heteroatoms. The highest BCUT2D eigenvalue weighted by molar-refractivity contribution is 5.64. The summed E-state index contributed by atoms with van der Waals surface area (Å²) in [4.78, 5) is 13.0. The van der Waals surface area contributed by atoms with Gasteiger partial charge in [-0.1, -0.05) is 18.2 Å². The first-order valence-corrected chi connectivity index (χ1v) is 8.20. The average Bonchev–Trinajstić information content (AvgIpc) is 2.62. The predicted octanol–water partition coefficient (Wildman–Crippen LogP) is 4.01. The van der Waals surface area contributed by atoms with E-state index in [0.717, 1.165) is 17.1 Å². The van der Waals surface area contributed by atoms with Crippen LogP contribution in [-0.2, 0) is 6.54 Å². The zero-order chi connectivity index (χ0) is 17.5. The van der Waals surface area contributed by atoms with Gasteiger partial charge in [0.25, 0.3) is 0 Å². The normalized spacial score (nSPS) is 10.5. The Labute approximate surface area is 147 Å². The van der Waals surface area contributed by atoms with Crippen molar-refractivity contribution in [3.05, 3.63) is 66.6 Å². The van der Waals surface area contributed by atoms with E-state index in [4.69, 9.17) is 4.74 Å². The number of nitrogens with zero attached hydrogens (tertiary/aromatic N) is 3. The van der Waals surface area contributed by atoms with Crippen LogP contribution in [0.3, 0.4) is 0 Å². The molecule has 2 heterocycles. The molecule has 3 rings (SSSR count). The molecule has 0 unspecified atom stereocenters. The number of anilines is 3. The summed E-state index contributed by atoms with van der Waals surface area (Å²) in [5, 5.41) is 6.46. The van der Waals surface area contributed by atoms with Crippen LogP contribution in [0.5, 0.6) is 5.75 Å². The second-order valence-electron chi connectivity index (χ2n) is 5.73. The number of hydrogen-bond donors (Lipinski definition) is 2. The molecule has 0 atom stereocenters. The van der Waals surface area contributed by atoms with Crippen molar-refractivity contribution in [1.82, 2.24) is 15.0 Å². The van der Waals surface area contributed by atoms with Crippen LogP contribution >= 0.6 is 0 Å². The quantitative estimate of drug-likeness (QED) is 0.679. The fraction of sp³-hybridized carbons (Fsp3) is 0.211. The highest BCUT2D eigenvalue weighted by Crippen LogP contribution is 2.27. The largest absolute Gasteiger partial charge is 0.489 e. The first-order valence-electron chi connectivity index (χ1n) is 8.20. The smallest absolute Gasteiger partial charge is 0.224 e. The summed E-state index contributed by atoms with van der Waals surface area (Å²) in [5.74, 6) is 2.02. The van der Waals surface area contributed by atoms with Crippen molar-refractivity contribution >= 4 is 17.5 Å². The standard InChI is InChI=1S/C19H21N5O/c1-14(2)25-17-9-4-3-8-16(17)23-18-10-12-21-19(24-18)22-13-15-7-5-6-11-20-15/h3-12,14H,13H2,1-2H3,(H2,21,22,23,24). The molecule has 0 aliphatic carbocycles. The molecule has 2 N–H and O–H groups in total. The molecule has 6 nitrogen and oxygen atoms in total. The van der Waals surface area contributed by atoms with E-state index in [2.05, 4.69) is 25.6 Å². The molecule has 0 aliphatic heterocycles. The molecule has 0 fully saturated rings. The topological polar surface area (TPSA) is 72.0 Å². The lowest BCUT2D eigenvalue weighted by molar-refractivity contribution is 0.244. The molecule has 3 aromatic rings. The third-order valence-electron chi connectivity index (χ3n) is 3.32. The van der Waals surface area contributed by atoms with Gasteiger partial charge in [0.2, 0.25) is 5.95 Å². The Morgan fingerprint density at radius 3 is 2.60 bits per heavy atom. The van der Waals surface area contributed by atoms with E-state index in [1.807, 2.05) is 62.4 Å². The van der Waals surface area contributed by atoms with Crippen LogP contribution in [0.15, 0.2) is 60.9 Å². The lowest BCUT2D eigenvalue weighted by Crippen LogP contribution is -2.08. The van der Waals surface area contributed by atoms with Crippen LogP contribution in [0.1, 0.15) is 19.5 Å². The van der Waals surface area contributed by atoms with Gasteiger partial charge in [0, 0.05) is 12.4 Å². The lowest BCUT2D eigenvalue weighted by atomic mass is 10.3. The SMILES string of the molecule is CC(C)Oc1ccccc1Nc1ccnc(NCc2ccccn2)n1. The maximum atomic E-state index is 5.82. The van der Waals surface area contributed by atoms with Crippen LogP contribution < -0.4 is 15.4 Å². The maximum Gasteiger partial charge on any atom is 0.224 e. The Hall–Kier alpha value is -3.15. The van der Waals surface area contributed by atoms with Crippen molar-refractivity contribution in [1.29, 1.82) is 0 Å². The number of hydrogen-bond acceptors (Lipinski definition) is 6. The third kappa shape index (κ3) is 4.91. The Kier molecular flexibility index (Phi) is 5.41. The molecule has 0 saturated heterocycles. The van der Waals surface area contributed by atoms with E-state index in [0.29, 0.717) is 18.3 Å². The Bertz CT molecular complexity index is 808. The number of para-hydroxylation sites is 2. The van der Waals surface area contributed by atoms with Crippen molar-refractivity contribution in [2.24, 2.45) is 0 Å². The van der Waals surface area contributed by atoms with Gasteiger partial charge in [0.1, 0.15) is 11.6 Å². The van der Waals surface area contributed by atoms with Gasteiger partial charge in [-0.25, -0.2) is 4.98 Å². The second kappa shape index (κ2) is 8.10. The Balaban J connectivity index is 1.70. The van der Waals surface area contributed by atoms with E-state index >= 15 is 0 Å². The second-order valence-corrected chi connectivity index (χ2v) is 5.73. The summed E-state index contributed by atoms with van der Waals surface area (Å²) in [7, 11) is 0. The van der Waals surface area contributed by atoms with Gasteiger partial charge in [0.15, 0.2) is 0 Å². The van der Waals surface area contributed by atoms with E-state index in [-0.39, 0.29) is 6.10 Å². The molecule has 0 aliphatic rings. The van der Waals surface area contributed by atoms with E-state index in [1.54, 1.807) is 12.4 Å². The first kappa shape index (κ1) is 16.7. The van der Waals surface area contributed by atoms with Crippen molar-refractivity contribution in [2.45, 2.75) is 26.5 Å². The van der Waals surface area contributed by atoms with Gasteiger partial charge in [-0.15, -0.1) is 0 Å². The van der Waals surface area contributed by atoms with Crippen LogP contribution in [0.25, 0.3) is 0 Å². The summed E-state index contributed by atoms with van der Waals surface area (Å²) in [6.07, 6.45) is 3.58. The fourth-order valence-electron chi connectivity index (χ4n) is 2.25. The van der Waals surface area contributed by atoms with Crippen molar-refractivity contribution in [3.63, 3.8) is 0 Å². The minimum absolute atomic E-state index is 0.101. The van der Waals surface area contributed by atoms with Gasteiger partial charge >= 0.3 is 0 Å². The van der Waals surface area contributed by atoms with Gasteiger partial charge in [-0.2, -0.15) is 4.98 Å². The number of rotatable bonds is 7. The molecule has 0 bridgehead atoms. The molecular formula is C19H21N5O. The average molecular weight is 335 g/mol. The number of pyridine rings is 1. The molecule has 0 spiro atoms. The molecule has 0 amide bonds. The van der Waals surface area contributed by atoms with Crippen LogP contribution in [0, 0.1) is 0 Å². The van der Waals surface area contributed by atoms with Crippen molar-refractivity contribution in [2.75, 3.05) is 10.6 Å². The summed E-state index contributed by atoms with van der Waals surface area (Å²) in [5.41, 5.74) is 1.80. The van der Waals surface area contributed by atoms with Gasteiger partial charge < -0.3 is 15.4 Å². The molecule has 1 aromatic carbocycles. The summed E-state index contributed by atoms with van der Waals surface area (Å²) < 4.78 is 5.82. The highest BCUT2D eigenvalue weighted by Gasteiger charge is 2.07. The zero-order valence-corrected chi connectivity index (χ0v) is 14.3. The number of ether oxygens (including phenoxy) is 1. The first-order chi connectivity index (χ1) is 12.2. The minimum Gasteiger partial charge on any atom is -0.489 e. The fourth-order valence-corrected chi connectivity index (χ4v) is 2.25.